The summed E-state index contributed by atoms with van der Waals surface area (Å²) in [6, 6.07) is 3.54. The summed E-state index contributed by atoms with van der Waals surface area (Å²) in [7, 11) is 0. The minimum Gasteiger partial charge on any atom is -0.398 e. The minimum absolute atomic E-state index is 0.660. The number of nitrogen functional groups attached to an aromatic ring is 1. The molecule has 0 atom stereocenters. The van der Waals surface area contributed by atoms with Gasteiger partial charge in [-0.05, 0) is 12.1 Å². The van der Waals surface area contributed by atoms with Crippen molar-refractivity contribution >= 4 is 50.3 Å². The fourth-order valence-corrected chi connectivity index (χ4v) is 2.60. The smallest absolute Gasteiger partial charge is 0.0586 e. The Balaban J connectivity index is 2.98. The Morgan fingerprint density at radius 2 is 1.83 bits per heavy atom. The number of anilines is 1. The van der Waals surface area contributed by atoms with Crippen molar-refractivity contribution < 1.29 is 0 Å². The molecule has 2 aromatic rings. The predicted molar refractivity (Wildman–Crippen MR) is 56.3 cm³/mol. The van der Waals surface area contributed by atoms with Crippen LogP contribution in [0.15, 0.2) is 17.5 Å². The van der Waals surface area contributed by atoms with Crippen LogP contribution < -0.4 is 5.73 Å². The monoisotopic (exact) mass is 217 g/mol. The molecular weight excluding hydrogens is 213 g/mol. The number of fused-ring (bicyclic) bond motifs is 1. The third-order valence-corrected chi connectivity index (χ3v) is 3.42. The number of halogens is 2. The third kappa shape index (κ3) is 1.07. The largest absolute Gasteiger partial charge is 0.398 e. The molecule has 1 heterocycles. The molecule has 0 aliphatic carbocycles. The van der Waals surface area contributed by atoms with E-state index >= 15 is 0 Å². The van der Waals surface area contributed by atoms with Gasteiger partial charge < -0.3 is 5.73 Å². The van der Waals surface area contributed by atoms with Crippen LogP contribution in [0.3, 0.4) is 0 Å². The van der Waals surface area contributed by atoms with Crippen LogP contribution in [0, 0.1) is 0 Å². The molecule has 0 radical (unpaired) electrons. The molecule has 0 spiro atoms. The van der Waals surface area contributed by atoms with Crippen LogP contribution in [0.4, 0.5) is 5.69 Å². The van der Waals surface area contributed by atoms with Crippen LogP contribution in [0.2, 0.25) is 10.0 Å². The lowest BCUT2D eigenvalue weighted by atomic mass is 10.2. The number of nitrogens with two attached hydrogens (primary N) is 1. The highest BCUT2D eigenvalue weighted by Crippen LogP contribution is 2.38. The summed E-state index contributed by atoms with van der Waals surface area (Å²) in [5.74, 6) is 0. The number of benzene rings is 1. The second-order valence-electron chi connectivity index (χ2n) is 2.42. The molecule has 0 unspecified atom stereocenters. The van der Waals surface area contributed by atoms with Crippen molar-refractivity contribution in [2.75, 3.05) is 5.73 Å². The first-order chi connectivity index (χ1) is 5.70. The number of hydrogen-bond donors (Lipinski definition) is 1. The zero-order valence-corrected chi connectivity index (χ0v) is 8.30. The second kappa shape index (κ2) is 2.80. The van der Waals surface area contributed by atoms with Crippen LogP contribution in [-0.4, -0.2) is 0 Å². The Morgan fingerprint density at radius 1 is 1.17 bits per heavy atom. The zero-order valence-electron chi connectivity index (χ0n) is 5.97. The van der Waals surface area contributed by atoms with Crippen molar-refractivity contribution in [3.8, 4) is 0 Å². The zero-order chi connectivity index (χ0) is 8.72. The van der Waals surface area contributed by atoms with Gasteiger partial charge in [-0.15, -0.1) is 11.3 Å². The maximum Gasteiger partial charge on any atom is 0.0586 e. The molecule has 0 aliphatic heterocycles. The molecular formula is C8H5Cl2NS. The van der Waals surface area contributed by atoms with Gasteiger partial charge in [0.05, 0.1) is 20.4 Å². The highest BCUT2D eigenvalue weighted by Gasteiger charge is 2.07. The van der Waals surface area contributed by atoms with Crippen LogP contribution in [0.5, 0.6) is 0 Å². The fourth-order valence-electron chi connectivity index (χ4n) is 1.10. The van der Waals surface area contributed by atoms with Crippen LogP contribution >= 0.6 is 34.5 Å². The van der Waals surface area contributed by atoms with Crippen molar-refractivity contribution in [2.45, 2.75) is 0 Å². The summed E-state index contributed by atoms with van der Waals surface area (Å²) in [6.07, 6.45) is 0. The normalized spacial score (nSPS) is 10.8. The molecule has 0 amide bonds. The van der Waals surface area contributed by atoms with E-state index in [0.717, 1.165) is 10.1 Å². The summed E-state index contributed by atoms with van der Waals surface area (Å²) >= 11 is 13.4. The molecule has 0 bridgehead atoms. The average Bonchev–Trinajstić information content (AvgIpc) is 2.42. The first-order valence-electron chi connectivity index (χ1n) is 3.31. The second-order valence-corrected chi connectivity index (χ2v) is 4.12. The van der Waals surface area contributed by atoms with Gasteiger partial charge in [0.2, 0.25) is 0 Å². The lowest BCUT2D eigenvalue weighted by Gasteiger charge is -1.96. The topological polar surface area (TPSA) is 26.0 Å². The van der Waals surface area contributed by atoms with Gasteiger partial charge in [-0.2, -0.15) is 0 Å². The molecule has 1 nitrogen and oxygen atoms in total. The summed E-state index contributed by atoms with van der Waals surface area (Å²) in [6.45, 7) is 0. The van der Waals surface area contributed by atoms with Gasteiger partial charge >= 0.3 is 0 Å². The summed E-state index contributed by atoms with van der Waals surface area (Å²) in [4.78, 5) is 0. The molecule has 0 aliphatic rings. The number of thiophene rings is 1. The van der Waals surface area contributed by atoms with Crippen LogP contribution in [0.25, 0.3) is 10.1 Å². The van der Waals surface area contributed by atoms with Crippen LogP contribution in [0.1, 0.15) is 0 Å². The molecule has 12 heavy (non-hydrogen) atoms. The highest BCUT2D eigenvalue weighted by molar-refractivity contribution is 7.18. The molecule has 2 N–H and O–H groups in total. The number of hydrogen-bond acceptors (Lipinski definition) is 2. The van der Waals surface area contributed by atoms with E-state index in [4.69, 9.17) is 28.9 Å². The van der Waals surface area contributed by atoms with Gasteiger partial charge in [-0.3, -0.25) is 0 Å². The fraction of sp³-hybridized carbons (Fsp3) is 0. The van der Waals surface area contributed by atoms with Gasteiger partial charge in [0.25, 0.3) is 0 Å². The standard InChI is InChI=1S/C8H5Cl2NS/c9-4-1-2-5(10)8-7(4)6(11)3-12-8/h1-3H,11H2. The minimum atomic E-state index is 0.660. The number of rotatable bonds is 0. The molecule has 4 heteroatoms. The summed E-state index contributed by atoms with van der Waals surface area (Å²) in [5, 5.41) is 4.08. The van der Waals surface area contributed by atoms with Gasteiger partial charge in [0.15, 0.2) is 0 Å². The summed E-state index contributed by atoms with van der Waals surface area (Å²) in [5.41, 5.74) is 6.41. The lowest BCUT2D eigenvalue weighted by molar-refractivity contribution is 1.83. The highest BCUT2D eigenvalue weighted by atomic mass is 35.5. The van der Waals surface area contributed by atoms with Gasteiger partial charge in [0.1, 0.15) is 0 Å². The molecule has 0 saturated heterocycles. The molecule has 1 aromatic heterocycles. The summed E-state index contributed by atoms with van der Waals surface area (Å²) < 4.78 is 0.960. The first-order valence-corrected chi connectivity index (χ1v) is 4.94. The Labute approximate surface area is 83.7 Å². The van der Waals surface area contributed by atoms with Gasteiger partial charge in [-0.25, -0.2) is 0 Å². The Bertz CT molecular complexity index is 436. The van der Waals surface area contributed by atoms with Gasteiger partial charge in [0, 0.05) is 10.8 Å². The Kier molecular flexibility index (Phi) is 1.91. The van der Waals surface area contributed by atoms with E-state index in [9.17, 15) is 0 Å². The van der Waals surface area contributed by atoms with E-state index in [1.165, 1.54) is 11.3 Å². The van der Waals surface area contributed by atoms with E-state index in [2.05, 4.69) is 0 Å². The van der Waals surface area contributed by atoms with E-state index in [0.29, 0.717) is 15.7 Å². The molecule has 62 valence electrons. The van der Waals surface area contributed by atoms with E-state index in [1.807, 2.05) is 5.38 Å². The van der Waals surface area contributed by atoms with Crippen molar-refractivity contribution in [2.24, 2.45) is 0 Å². The van der Waals surface area contributed by atoms with Crippen molar-refractivity contribution in [3.63, 3.8) is 0 Å². The molecule has 0 fully saturated rings. The Morgan fingerprint density at radius 3 is 2.50 bits per heavy atom. The molecule has 1 aromatic carbocycles. The molecule has 0 saturated carbocycles. The lowest BCUT2D eigenvalue weighted by Crippen LogP contribution is -1.80. The molecule has 2 rings (SSSR count). The average molecular weight is 218 g/mol. The Hall–Kier alpha value is -0.440. The maximum absolute atomic E-state index is 5.94. The maximum atomic E-state index is 5.94. The van der Waals surface area contributed by atoms with Crippen molar-refractivity contribution in [1.29, 1.82) is 0 Å². The SMILES string of the molecule is Nc1csc2c(Cl)ccc(Cl)c12. The third-order valence-electron chi connectivity index (χ3n) is 1.65. The first kappa shape index (κ1) is 8.17. The quantitative estimate of drug-likeness (QED) is 0.715. The van der Waals surface area contributed by atoms with E-state index < -0.39 is 0 Å². The van der Waals surface area contributed by atoms with Gasteiger partial charge in [-0.1, -0.05) is 23.2 Å². The van der Waals surface area contributed by atoms with Crippen LogP contribution in [-0.2, 0) is 0 Å². The van der Waals surface area contributed by atoms with Crippen molar-refractivity contribution in [3.05, 3.63) is 27.6 Å². The van der Waals surface area contributed by atoms with E-state index in [1.54, 1.807) is 12.1 Å². The van der Waals surface area contributed by atoms with Crippen molar-refractivity contribution in [1.82, 2.24) is 0 Å². The van der Waals surface area contributed by atoms with E-state index in [-0.39, 0.29) is 0 Å². The predicted octanol–water partition coefficient (Wildman–Crippen LogP) is 3.79.